The maximum Gasteiger partial charge on any atom is 0.137 e. The first-order valence-electron chi connectivity index (χ1n) is 21.0. The molecule has 0 unspecified atom stereocenters. The standard InChI is InChI=1S/C42H33NO/c1-41(2)32-17-9-6-14-29(32)39-33(41)18-11-19-35(39)43(36-20-12-22-38-40(36)30-15-7-10-21-37(30)44-38)26-23-24-28-27-13-5-8-16-31(27)42(3,4)34(28)25-26/h5-25H,1-4H3/i6D,7D,11D,12D,13D,15D,17D,19D,20D,22D,23D,24D,25D. The third-order valence-corrected chi connectivity index (χ3v) is 9.20. The number of anilines is 3. The van der Waals surface area contributed by atoms with Gasteiger partial charge in [0.05, 0.1) is 34.6 Å². The molecule has 44 heavy (non-hydrogen) atoms. The lowest BCUT2D eigenvalue weighted by Crippen LogP contribution is -2.17. The summed E-state index contributed by atoms with van der Waals surface area (Å²) in [5, 5.41) is -0.0439. The van der Waals surface area contributed by atoms with Gasteiger partial charge in [-0.05, 0) is 75.2 Å². The number of rotatable bonds is 3. The smallest absolute Gasteiger partial charge is 0.137 e. The summed E-state index contributed by atoms with van der Waals surface area (Å²) in [4.78, 5) is 1.25. The molecule has 2 heteroatoms. The van der Waals surface area contributed by atoms with Crippen LogP contribution in [0.2, 0.25) is 0 Å². The Balaban J connectivity index is 1.56. The number of fused-ring (bicyclic) bond motifs is 9. The Kier molecular flexibility index (Phi) is 3.09. The van der Waals surface area contributed by atoms with Crippen LogP contribution in [0, 0.1) is 0 Å². The van der Waals surface area contributed by atoms with Gasteiger partial charge in [0.15, 0.2) is 0 Å². The van der Waals surface area contributed by atoms with E-state index < -0.39 is 41.0 Å². The Labute approximate surface area is 276 Å². The van der Waals surface area contributed by atoms with Crippen molar-refractivity contribution in [1.82, 2.24) is 0 Å². The van der Waals surface area contributed by atoms with Gasteiger partial charge in [0.1, 0.15) is 11.2 Å². The number of furan rings is 1. The van der Waals surface area contributed by atoms with Crippen molar-refractivity contribution in [3.63, 3.8) is 0 Å². The number of hydrogen-bond acceptors (Lipinski definition) is 2. The van der Waals surface area contributed by atoms with Gasteiger partial charge in [0.25, 0.3) is 0 Å². The highest BCUT2D eigenvalue weighted by Gasteiger charge is 2.39. The van der Waals surface area contributed by atoms with E-state index in [1.165, 1.54) is 29.2 Å². The summed E-state index contributed by atoms with van der Waals surface area (Å²) >= 11 is 0. The van der Waals surface area contributed by atoms with Gasteiger partial charge in [-0.25, -0.2) is 0 Å². The van der Waals surface area contributed by atoms with Crippen molar-refractivity contribution in [2.24, 2.45) is 0 Å². The highest BCUT2D eigenvalue weighted by atomic mass is 16.3. The molecule has 0 atom stereocenters. The van der Waals surface area contributed by atoms with Crippen LogP contribution in [-0.4, -0.2) is 0 Å². The van der Waals surface area contributed by atoms with Gasteiger partial charge in [0, 0.05) is 27.5 Å². The molecule has 2 nitrogen and oxygen atoms in total. The molecule has 0 saturated heterocycles. The second-order valence-electron chi connectivity index (χ2n) is 12.3. The number of hydrogen-bond donors (Lipinski definition) is 0. The van der Waals surface area contributed by atoms with Crippen LogP contribution in [0.5, 0.6) is 0 Å². The molecule has 0 amide bonds. The van der Waals surface area contributed by atoms with Gasteiger partial charge in [-0.2, -0.15) is 0 Å². The van der Waals surface area contributed by atoms with Crippen LogP contribution in [0.25, 0.3) is 44.2 Å². The second-order valence-corrected chi connectivity index (χ2v) is 12.3. The van der Waals surface area contributed by atoms with Crippen molar-refractivity contribution in [3.05, 3.63) is 149 Å². The van der Waals surface area contributed by atoms with Crippen LogP contribution in [-0.2, 0) is 10.8 Å². The van der Waals surface area contributed by atoms with Crippen molar-refractivity contribution >= 4 is 39.0 Å². The molecule has 0 N–H and O–H groups in total. The van der Waals surface area contributed by atoms with Gasteiger partial charge >= 0.3 is 0 Å². The molecule has 7 aromatic rings. The topological polar surface area (TPSA) is 16.4 Å². The van der Waals surface area contributed by atoms with Crippen LogP contribution in [0.15, 0.2) is 131 Å². The van der Waals surface area contributed by atoms with E-state index in [1.807, 2.05) is 33.8 Å². The summed E-state index contributed by atoms with van der Waals surface area (Å²) in [5.41, 5.74) is 0.539. The maximum atomic E-state index is 10.1. The molecule has 2 aliphatic carbocycles. The van der Waals surface area contributed by atoms with Gasteiger partial charge in [-0.3, -0.25) is 0 Å². The minimum atomic E-state index is -0.984. The summed E-state index contributed by atoms with van der Waals surface area (Å²) in [5.74, 6) is 0. The molecule has 1 aromatic heterocycles. The quantitative estimate of drug-likeness (QED) is 0.207. The van der Waals surface area contributed by atoms with Gasteiger partial charge in [-0.15, -0.1) is 0 Å². The predicted molar refractivity (Wildman–Crippen MR) is 184 cm³/mol. The van der Waals surface area contributed by atoms with Gasteiger partial charge in [-0.1, -0.05) is 118 Å². The molecule has 6 aromatic carbocycles. The molecule has 9 rings (SSSR count). The lowest BCUT2D eigenvalue weighted by Gasteiger charge is -2.31. The van der Waals surface area contributed by atoms with E-state index in [0.29, 0.717) is 33.4 Å². The van der Waals surface area contributed by atoms with E-state index in [0.717, 1.165) is 0 Å². The average molecular weight is 581 g/mol. The highest BCUT2D eigenvalue weighted by Crippen LogP contribution is 2.56. The van der Waals surface area contributed by atoms with E-state index in [1.54, 1.807) is 18.2 Å². The van der Waals surface area contributed by atoms with Gasteiger partial charge in [0.2, 0.25) is 0 Å². The first kappa shape index (κ1) is 15.6. The third-order valence-electron chi connectivity index (χ3n) is 9.20. The van der Waals surface area contributed by atoms with Crippen molar-refractivity contribution in [3.8, 4) is 22.3 Å². The number of nitrogens with zero attached hydrogens (tertiary/aromatic N) is 1. The van der Waals surface area contributed by atoms with Crippen molar-refractivity contribution in [1.29, 1.82) is 0 Å². The number of para-hydroxylation sites is 1. The lowest BCUT2D eigenvalue weighted by atomic mass is 9.82. The average Bonchev–Trinajstić information content (AvgIpc) is 3.72. The first-order valence-corrected chi connectivity index (χ1v) is 14.5. The minimum Gasteiger partial charge on any atom is -0.456 e. The van der Waals surface area contributed by atoms with Crippen molar-refractivity contribution in [2.45, 2.75) is 38.5 Å². The summed E-state index contributed by atoms with van der Waals surface area (Å²) in [6.07, 6.45) is 0. The molecule has 0 spiro atoms. The van der Waals surface area contributed by atoms with Crippen LogP contribution >= 0.6 is 0 Å². The van der Waals surface area contributed by atoms with E-state index in [9.17, 15) is 8.22 Å². The SMILES string of the molecule is [2H]c1cc([2H])c2c(c1)-c1c(cc([2H])c([2H])c1N(c1c([2H])c([2H])c3c(c1[2H])C(C)(C)c1cccc([2H])c1-3)c1c([2H])c([2H])c([2H])c3oc4ccc([2H])c([2H])c4c13)C2(C)C. The van der Waals surface area contributed by atoms with E-state index in [-0.39, 0.29) is 98.5 Å². The van der Waals surface area contributed by atoms with Gasteiger partial charge < -0.3 is 9.32 Å². The summed E-state index contributed by atoms with van der Waals surface area (Å²) < 4.78 is 126. The third kappa shape index (κ3) is 3.26. The Hall–Kier alpha value is -5.08. The van der Waals surface area contributed by atoms with Crippen LogP contribution in [0.3, 0.4) is 0 Å². The number of benzene rings is 6. The molecule has 2 aliphatic rings. The fraction of sp³-hybridized carbons (Fsp3) is 0.143. The molecular formula is C42H33NO. The summed E-state index contributed by atoms with van der Waals surface area (Å²) in [7, 11) is 0. The Morgan fingerprint density at radius 2 is 1.41 bits per heavy atom. The minimum absolute atomic E-state index is 0.00125. The van der Waals surface area contributed by atoms with E-state index in [4.69, 9.17) is 14.0 Å². The zero-order chi connectivity index (χ0) is 41.1. The zero-order valence-electron chi connectivity index (χ0n) is 37.5. The highest BCUT2D eigenvalue weighted by molar-refractivity contribution is 6.14. The molecule has 0 fully saturated rings. The largest absolute Gasteiger partial charge is 0.456 e. The molecular weight excluding hydrogens is 534 g/mol. The molecule has 1 heterocycles. The van der Waals surface area contributed by atoms with Crippen molar-refractivity contribution in [2.75, 3.05) is 4.90 Å². The van der Waals surface area contributed by atoms with Crippen LogP contribution in [0.1, 0.15) is 67.8 Å². The Morgan fingerprint density at radius 3 is 2.32 bits per heavy atom. The molecule has 0 saturated carbocycles. The summed E-state index contributed by atoms with van der Waals surface area (Å²) in [6.45, 7) is 7.42. The fourth-order valence-corrected chi connectivity index (χ4v) is 7.02. The first-order chi connectivity index (χ1) is 26.7. The molecule has 212 valence electrons. The molecule has 0 aliphatic heterocycles. The zero-order valence-corrected chi connectivity index (χ0v) is 24.5. The molecule has 0 bridgehead atoms. The van der Waals surface area contributed by atoms with Crippen LogP contribution < -0.4 is 4.90 Å². The van der Waals surface area contributed by atoms with E-state index >= 15 is 0 Å². The summed E-state index contributed by atoms with van der Waals surface area (Å²) in [6, 6.07) is 8.50. The molecule has 0 radical (unpaired) electrons. The predicted octanol–water partition coefficient (Wildman–Crippen LogP) is 11.7. The Bertz CT molecular complexity index is 3020. The monoisotopic (exact) mass is 580 g/mol. The van der Waals surface area contributed by atoms with E-state index in [2.05, 4.69) is 0 Å². The normalized spacial score (nSPS) is 19.3. The van der Waals surface area contributed by atoms with Crippen molar-refractivity contribution < 1.29 is 22.2 Å². The fourth-order valence-electron chi connectivity index (χ4n) is 7.02. The Morgan fingerprint density at radius 1 is 0.568 bits per heavy atom. The lowest BCUT2D eigenvalue weighted by molar-refractivity contribution is 0.660. The van der Waals surface area contributed by atoms with Crippen LogP contribution in [0.4, 0.5) is 17.1 Å². The second kappa shape index (κ2) is 8.74. The maximum absolute atomic E-state index is 10.1.